The lowest BCUT2D eigenvalue weighted by molar-refractivity contribution is -0.139. The van der Waals surface area contributed by atoms with Crippen molar-refractivity contribution in [2.24, 2.45) is 5.41 Å². The first-order chi connectivity index (χ1) is 9.98. The first kappa shape index (κ1) is 15.8. The molecule has 0 spiro atoms. The van der Waals surface area contributed by atoms with Gasteiger partial charge in [0.25, 0.3) is 0 Å². The van der Waals surface area contributed by atoms with E-state index in [1.807, 2.05) is 12.1 Å². The number of benzene rings is 1. The highest BCUT2D eigenvalue weighted by molar-refractivity contribution is 6.32. The Balaban J connectivity index is 2.15. The summed E-state index contributed by atoms with van der Waals surface area (Å²) < 4.78 is 5.64. The molecule has 0 heterocycles. The standard InChI is InChI=1S/C17H19ClO3/c1-12(11-21-15-8-4-3-7-14(15)18)17(13(2)19)10-6-5-9-16(17)20/h3-4,7-8H,1,5-6,9-11H2,2H3. The SMILES string of the molecule is C=C(COc1ccccc1Cl)C1(C(C)=O)CCCCC1=O. The number of para-hydroxylation sites is 1. The van der Waals surface area contributed by atoms with Gasteiger partial charge in [-0.05, 0) is 37.5 Å². The Kier molecular flexibility index (Phi) is 4.84. The van der Waals surface area contributed by atoms with Crippen molar-refractivity contribution in [1.82, 2.24) is 0 Å². The van der Waals surface area contributed by atoms with Crippen LogP contribution in [-0.4, -0.2) is 18.2 Å². The number of hydrogen-bond acceptors (Lipinski definition) is 3. The maximum atomic E-state index is 12.3. The molecule has 0 bridgehead atoms. The van der Waals surface area contributed by atoms with E-state index in [-0.39, 0.29) is 18.2 Å². The van der Waals surface area contributed by atoms with Crippen LogP contribution in [0.1, 0.15) is 32.6 Å². The summed E-state index contributed by atoms with van der Waals surface area (Å²) in [6, 6.07) is 7.10. The maximum Gasteiger partial charge on any atom is 0.150 e. The second-order valence-electron chi connectivity index (χ2n) is 5.41. The summed E-state index contributed by atoms with van der Waals surface area (Å²) in [5, 5.41) is 0.497. The van der Waals surface area contributed by atoms with Gasteiger partial charge in [0, 0.05) is 6.42 Å². The summed E-state index contributed by atoms with van der Waals surface area (Å²) in [4.78, 5) is 24.4. The van der Waals surface area contributed by atoms with Crippen LogP contribution in [0.15, 0.2) is 36.4 Å². The Morgan fingerprint density at radius 3 is 2.71 bits per heavy atom. The highest BCUT2D eigenvalue weighted by atomic mass is 35.5. The van der Waals surface area contributed by atoms with E-state index in [4.69, 9.17) is 16.3 Å². The zero-order chi connectivity index (χ0) is 15.5. The highest BCUT2D eigenvalue weighted by Crippen LogP contribution is 2.40. The Morgan fingerprint density at radius 1 is 1.38 bits per heavy atom. The molecule has 1 unspecified atom stereocenters. The Morgan fingerprint density at radius 2 is 2.10 bits per heavy atom. The van der Waals surface area contributed by atoms with Crippen LogP contribution in [0, 0.1) is 5.41 Å². The fourth-order valence-corrected chi connectivity index (χ4v) is 3.06. The van der Waals surface area contributed by atoms with Crippen molar-refractivity contribution in [2.75, 3.05) is 6.61 Å². The molecule has 1 aliphatic rings. The minimum Gasteiger partial charge on any atom is -0.488 e. The largest absolute Gasteiger partial charge is 0.488 e. The van der Waals surface area contributed by atoms with Gasteiger partial charge in [0.05, 0.1) is 5.02 Å². The molecule has 0 amide bonds. The molecule has 1 saturated carbocycles. The van der Waals surface area contributed by atoms with E-state index in [1.54, 1.807) is 12.1 Å². The van der Waals surface area contributed by atoms with Crippen molar-refractivity contribution in [1.29, 1.82) is 0 Å². The molecule has 0 aliphatic heterocycles. The third-order valence-electron chi connectivity index (χ3n) is 4.12. The van der Waals surface area contributed by atoms with E-state index in [2.05, 4.69) is 6.58 Å². The fraction of sp³-hybridized carbons (Fsp3) is 0.412. The van der Waals surface area contributed by atoms with Crippen molar-refractivity contribution >= 4 is 23.2 Å². The topological polar surface area (TPSA) is 43.4 Å². The molecule has 0 radical (unpaired) electrons. The summed E-state index contributed by atoms with van der Waals surface area (Å²) in [6.07, 6.45) is 2.67. The molecule has 1 fully saturated rings. The first-order valence-corrected chi connectivity index (χ1v) is 7.46. The number of ether oxygens (including phenoxy) is 1. The Bertz CT molecular complexity index is 579. The zero-order valence-corrected chi connectivity index (χ0v) is 12.9. The lowest BCUT2D eigenvalue weighted by Crippen LogP contribution is -2.43. The van der Waals surface area contributed by atoms with Crippen LogP contribution in [0.2, 0.25) is 5.02 Å². The van der Waals surface area contributed by atoms with Crippen LogP contribution < -0.4 is 4.74 Å². The quantitative estimate of drug-likeness (QED) is 0.610. The van der Waals surface area contributed by atoms with E-state index >= 15 is 0 Å². The van der Waals surface area contributed by atoms with Gasteiger partial charge in [-0.25, -0.2) is 0 Å². The summed E-state index contributed by atoms with van der Waals surface area (Å²) in [5.74, 6) is 0.358. The number of hydrogen-bond donors (Lipinski definition) is 0. The van der Waals surface area contributed by atoms with E-state index in [0.29, 0.717) is 29.2 Å². The number of Topliss-reactive ketones (excluding diaryl/α,β-unsaturated/α-hetero) is 2. The van der Waals surface area contributed by atoms with Crippen LogP contribution in [0.3, 0.4) is 0 Å². The van der Waals surface area contributed by atoms with Crippen molar-refractivity contribution in [3.05, 3.63) is 41.4 Å². The van der Waals surface area contributed by atoms with Crippen LogP contribution in [0.4, 0.5) is 0 Å². The predicted octanol–water partition coefficient (Wildman–Crippen LogP) is 3.99. The van der Waals surface area contributed by atoms with Gasteiger partial charge < -0.3 is 4.74 Å². The molecular weight excluding hydrogens is 288 g/mol. The molecule has 0 saturated heterocycles. The molecule has 1 aromatic carbocycles. The third-order valence-corrected chi connectivity index (χ3v) is 4.44. The number of carbonyl (C=O) groups is 2. The molecule has 1 atom stereocenters. The minimum absolute atomic E-state index is 0.0333. The van der Waals surface area contributed by atoms with Gasteiger partial charge in [-0.2, -0.15) is 0 Å². The first-order valence-electron chi connectivity index (χ1n) is 7.08. The van der Waals surface area contributed by atoms with Crippen molar-refractivity contribution in [3.63, 3.8) is 0 Å². The minimum atomic E-state index is -1.07. The average Bonchev–Trinajstić information content (AvgIpc) is 2.46. The van der Waals surface area contributed by atoms with Gasteiger partial charge in [0.15, 0.2) is 5.78 Å². The second kappa shape index (κ2) is 6.44. The van der Waals surface area contributed by atoms with Crippen molar-refractivity contribution in [2.45, 2.75) is 32.6 Å². The molecule has 112 valence electrons. The van der Waals surface area contributed by atoms with Crippen LogP contribution >= 0.6 is 11.6 Å². The molecule has 1 aromatic rings. The monoisotopic (exact) mass is 306 g/mol. The van der Waals surface area contributed by atoms with E-state index in [0.717, 1.165) is 12.8 Å². The maximum absolute atomic E-state index is 12.3. The third kappa shape index (κ3) is 3.03. The van der Waals surface area contributed by atoms with E-state index in [9.17, 15) is 9.59 Å². The van der Waals surface area contributed by atoms with Crippen LogP contribution in [0.25, 0.3) is 0 Å². The summed E-state index contributed by atoms with van der Waals surface area (Å²) in [5.41, 5.74) is -0.543. The zero-order valence-electron chi connectivity index (χ0n) is 12.2. The summed E-state index contributed by atoms with van der Waals surface area (Å²) in [6.45, 7) is 5.54. The molecule has 0 aromatic heterocycles. The molecule has 2 rings (SSSR count). The van der Waals surface area contributed by atoms with Gasteiger partial charge in [0.1, 0.15) is 23.6 Å². The number of carbonyl (C=O) groups excluding carboxylic acids is 2. The number of halogens is 1. The Hall–Kier alpha value is -1.61. The van der Waals surface area contributed by atoms with E-state index < -0.39 is 5.41 Å². The predicted molar refractivity (Wildman–Crippen MR) is 82.7 cm³/mol. The average molecular weight is 307 g/mol. The van der Waals surface area contributed by atoms with Crippen molar-refractivity contribution in [3.8, 4) is 5.75 Å². The highest BCUT2D eigenvalue weighted by Gasteiger charge is 2.46. The summed E-state index contributed by atoms with van der Waals surface area (Å²) >= 11 is 6.03. The van der Waals surface area contributed by atoms with Gasteiger partial charge in [0.2, 0.25) is 0 Å². The van der Waals surface area contributed by atoms with Gasteiger partial charge in [-0.1, -0.05) is 36.7 Å². The molecule has 3 nitrogen and oxygen atoms in total. The lowest BCUT2D eigenvalue weighted by atomic mass is 9.66. The van der Waals surface area contributed by atoms with Crippen LogP contribution in [0.5, 0.6) is 5.75 Å². The van der Waals surface area contributed by atoms with Crippen LogP contribution in [-0.2, 0) is 9.59 Å². The van der Waals surface area contributed by atoms with Gasteiger partial charge >= 0.3 is 0 Å². The molecular formula is C17H19ClO3. The smallest absolute Gasteiger partial charge is 0.150 e. The molecule has 4 heteroatoms. The molecule has 0 N–H and O–H groups in total. The Labute approximate surface area is 129 Å². The number of rotatable bonds is 5. The van der Waals surface area contributed by atoms with Gasteiger partial charge in [-0.15, -0.1) is 0 Å². The molecule has 1 aliphatic carbocycles. The molecule has 21 heavy (non-hydrogen) atoms. The normalized spacial score (nSPS) is 21.9. The fourth-order valence-electron chi connectivity index (χ4n) is 2.87. The lowest BCUT2D eigenvalue weighted by Gasteiger charge is -2.35. The van der Waals surface area contributed by atoms with E-state index in [1.165, 1.54) is 6.92 Å². The second-order valence-corrected chi connectivity index (χ2v) is 5.82. The number of ketones is 2. The van der Waals surface area contributed by atoms with Gasteiger partial charge in [-0.3, -0.25) is 9.59 Å². The summed E-state index contributed by atoms with van der Waals surface area (Å²) in [7, 11) is 0. The van der Waals surface area contributed by atoms with Crippen molar-refractivity contribution < 1.29 is 14.3 Å².